The van der Waals surface area contributed by atoms with Gasteiger partial charge in [0.15, 0.2) is 23.3 Å². The quantitative estimate of drug-likeness (QED) is 0.0331. The number of anilines is 8. The number of aromatic nitrogens is 6. The van der Waals surface area contributed by atoms with E-state index >= 15 is 0 Å². The van der Waals surface area contributed by atoms with Crippen molar-refractivity contribution in [3.63, 3.8) is 0 Å². The molecule has 0 saturated carbocycles. The molecule has 0 aliphatic carbocycles. The summed E-state index contributed by atoms with van der Waals surface area (Å²) < 4.78 is 127. The normalized spacial score (nSPS) is 18.4. The van der Waals surface area contributed by atoms with Gasteiger partial charge in [0.25, 0.3) is 0 Å². The maximum Gasteiger partial charge on any atom is 0.416 e. The molecule has 2 atom stereocenters. The minimum absolute atomic E-state index is 0.0969. The number of ether oxygens (including phenoxy) is 3. The summed E-state index contributed by atoms with van der Waals surface area (Å²) in [7, 11) is 0. The van der Waals surface area contributed by atoms with Crippen LogP contribution in [0.2, 0.25) is 0 Å². The third kappa shape index (κ3) is 14.8. The lowest BCUT2D eigenvalue weighted by molar-refractivity contribution is -0.140. The van der Waals surface area contributed by atoms with Crippen LogP contribution in [0, 0.1) is 11.6 Å². The minimum Gasteiger partial charge on any atom is -0.378 e. The van der Waals surface area contributed by atoms with Gasteiger partial charge in [-0.25, -0.2) is 29.6 Å². The fourth-order valence-corrected chi connectivity index (χ4v) is 8.56. The molecular weight excluding hydrogens is 1040 g/mol. The molecule has 0 amide bonds. The molecule has 10 rings (SSSR count). The van der Waals surface area contributed by atoms with Crippen molar-refractivity contribution in [1.82, 2.24) is 45.9 Å². The average molecular weight is 1090 g/mol. The van der Waals surface area contributed by atoms with Crippen molar-refractivity contribution in [2.45, 2.75) is 24.5 Å². The number of piperazine rings is 1. The molecule has 4 aliphatic heterocycles. The van der Waals surface area contributed by atoms with Crippen LogP contribution in [-0.2, 0) is 26.6 Å². The number of hydrogen-bond acceptors (Lipinski definition) is 20. The highest BCUT2D eigenvalue weighted by Gasteiger charge is 2.37. The number of pyridine rings is 2. The summed E-state index contributed by atoms with van der Waals surface area (Å²) in [6.07, 6.45) is -1.73. The van der Waals surface area contributed by atoms with Gasteiger partial charge in [-0.3, -0.25) is 9.97 Å². The predicted octanol–water partition coefficient (Wildman–Crippen LogP) is 7.01. The fourth-order valence-electron chi connectivity index (χ4n) is 8.56. The van der Waals surface area contributed by atoms with Crippen molar-refractivity contribution in [3.8, 4) is 0 Å². The molecule has 20 nitrogen and oxygen atoms in total. The highest BCUT2D eigenvalue weighted by molar-refractivity contribution is 5.79. The summed E-state index contributed by atoms with van der Waals surface area (Å²) in [6.45, 7) is 7.09. The summed E-state index contributed by atoms with van der Waals surface area (Å²) >= 11 is 0. The molecule has 4 aromatic heterocycles. The lowest BCUT2D eigenvalue weighted by atomic mass is 9.98. The number of nitrogens with one attached hydrogen (secondary N) is 7. The topological polar surface area (TPSA) is 220 Å². The van der Waals surface area contributed by atoms with Gasteiger partial charge < -0.3 is 50.6 Å². The summed E-state index contributed by atoms with van der Waals surface area (Å²) in [5, 5.41) is 23.3. The van der Waals surface area contributed by atoms with E-state index in [1.807, 2.05) is 0 Å². The van der Waals surface area contributed by atoms with Crippen molar-refractivity contribution in [3.05, 3.63) is 131 Å². The smallest absolute Gasteiger partial charge is 0.378 e. The summed E-state index contributed by atoms with van der Waals surface area (Å²) in [4.78, 5) is 28.2. The molecule has 78 heavy (non-hydrogen) atoms. The molecule has 4 aliphatic rings. The standard InChI is InChI=1S/C25H27F4N9O.C25H26F4N8O2/c26-21-14-33-24(36-23(21)38-7-9-39-10-8-38)37-34-13-17-1-2-18(12-32-17)35-16-3-4-19(20(11-16)25(27,28)29)22-15-30-5-6-31-22;26-21-14-32-24(35-23(21)37-6-9-38-10-7-37)36-33-13-17-1-2-18(12-31-17)34-16-3-4-19(20(11-16)25(27,28)29)22-15-30-5-8-39-22/h1-4,11-14,22,30-31,35H,5-10,15H2,(H,33,36,37);1-4,11-14,22,30,34H,5-10,15H2,(H,32,35,36)/b34-13+;33-13+. The number of nitrogens with zero attached hydrogens (tertiary/aromatic N) is 10. The van der Waals surface area contributed by atoms with Crippen LogP contribution in [0.5, 0.6) is 0 Å². The van der Waals surface area contributed by atoms with Gasteiger partial charge in [-0.05, 0) is 59.7 Å². The molecule has 4 fully saturated rings. The van der Waals surface area contributed by atoms with Crippen LogP contribution in [-0.4, -0.2) is 134 Å². The van der Waals surface area contributed by atoms with Gasteiger partial charge in [0.05, 0.1) is 110 Å². The molecule has 0 spiro atoms. The van der Waals surface area contributed by atoms with Crippen LogP contribution in [0.4, 0.5) is 81.4 Å². The molecule has 4 saturated heterocycles. The largest absolute Gasteiger partial charge is 0.416 e. The Hall–Kier alpha value is -7.76. The molecule has 412 valence electrons. The van der Waals surface area contributed by atoms with Crippen molar-refractivity contribution in [1.29, 1.82) is 0 Å². The van der Waals surface area contributed by atoms with Gasteiger partial charge in [-0.1, -0.05) is 12.1 Å². The number of rotatable bonds is 14. The summed E-state index contributed by atoms with van der Waals surface area (Å²) in [5.41, 5.74) is 6.70. The Morgan fingerprint density at radius 3 is 1.49 bits per heavy atom. The minimum atomic E-state index is -4.53. The first kappa shape index (κ1) is 55.0. The van der Waals surface area contributed by atoms with Gasteiger partial charge in [0, 0.05) is 76.3 Å². The van der Waals surface area contributed by atoms with Gasteiger partial charge in [0.1, 0.15) is 0 Å². The Morgan fingerprint density at radius 2 is 1.04 bits per heavy atom. The lowest BCUT2D eigenvalue weighted by Gasteiger charge is -2.27. The second kappa shape index (κ2) is 25.6. The van der Waals surface area contributed by atoms with E-state index in [1.54, 1.807) is 46.2 Å². The van der Waals surface area contributed by atoms with Crippen LogP contribution >= 0.6 is 0 Å². The first-order valence-corrected chi connectivity index (χ1v) is 24.7. The van der Waals surface area contributed by atoms with Crippen molar-refractivity contribution in [2.75, 3.05) is 123 Å². The number of morpholine rings is 3. The molecule has 0 radical (unpaired) electrons. The van der Waals surface area contributed by atoms with Gasteiger partial charge in [-0.15, -0.1) is 0 Å². The second-order valence-corrected chi connectivity index (χ2v) is 17.7. The molecule has 28 heteroatoms. The molecule has 7 N–H and O–H groups in total. The predicted molar refractivity (Wildman–Crippen MR) is 276 cm³/mol. The zero-order valence-electron chi connectivity index (χ0n) is 41.5. The summed E-state index contributed by atoms with van der Waals surface area (Å²) in [6, 6.07) is 14.5. The van der Waals surface area contributed by atoms with E-state index in [2.05, 4.69) is 77.5 Å². The number of hydrazone groups is 2. The summed E-state index contributed by atoms with van der Waals surface area (Å²) in [5.74, 6) is -0.484. The first-order valence-electron chi connectivity index (χ1n) is 24.7. The molecular formula is C50H53F8N17O3. The van der Waals surface area contributed by atoms with Crippen LogP contribution < -0.4 is 47.2 Å². The number of benzene rings is 2. The fraction of sp³-hybridized carbons (Fsp3) is 0.360. The van der Waals surface area contributed by atoms with Crippen LogP contribution in [0.3, 0.4) is 0 Å². The molecule has 0 bridgehead atoms. The average Bonchev–Trinajstić information content (AvgIpc) is 3.48. The Labute approximate surface area is 441 Å². The second-order valence-electron chi connectivity index (χ2n) is 17.7. The maximum atomic E-state index is 14.2. The Morgan fingerprint density at radius 1 is 0.551 bits per heavy atom. The molecule has 2 aromatic carbocycles. The van der Waals surface area contributed by atoms with Crippen LogP contribution in [0.15, 0.2) is 95.7 Å². The Balaban J connectivity index is 0.000000190. The molecule has 8 heterocycles. The van der Waals surface area contributed by atoms with Crippen molar-refractivity contribution < 1.29 is 49.3 Å². The Bertz CT molecular complexity index is 2790. The number of halogens is 8. The third-order valence-corrected chi connectivity index (χ3v) is 12.4. The number of alkyl halides is 6. The van der Waals surface area contributed by atoms with E-state index in [0.29, 0.717) is 114 Å². The van der Waals surface area contributed by atoms with E-state index < -0.39 is 47.3 Å². The van der Waals surface area contributed by atoms with E-state index in [-0.39, 0.29) is 40.3 Å². The van der Waals surface area contributed by atoms with E-state index in [4.69, 9.17) is 14.2 Å². The number of hydrogen-bond donors (Lipinski definition) is 7. The highest BCUT2D eigenvalue weighted by atomic mass is 19.4. The van der Waals surface area contributed by atoms with E-state index in [9.17, 15) is 35.1 Å². The first-order chi connectivity index (χ1) is 37.7. The van der Waals surface area contributed by atoms with Crippen molar-refractivity contribution in [2.24, 2.45) is 10.2 Å². The Kier molecular flexibility index (Phi) is 18.1. The zero-order chi connectivity index (χ0) is 54.5. The molecule has 2 unspecified atom stereocenters. The zero-order valence-corrected chi connectivity index (χ0v) is 41.5. The molecule has 6 aromatic rings. The van der Waals surface area contributed by atoms with Crippen molar-refractivity contribution >= 4 is 58.7 Å². The van der Waals surface area contributed by atoms with Gasteiger partial charge in [0.2, 0.25) is 11.9 Å². The monoisotopic (exact) mass is 1090 g/mol. The van der Waals surface area contributed by atoms with Gasteiger partial charge >= 0.3 is 12.4 Å². The SMILES string of the molecule is Fc1cnc(N/N=C/c2ccc(Nc3ccc(C4CNCCN4)c(C(F)(F)F)c3)cn2)nc1N1CCOCC1.Fc1cnc(N/N=C/c2ccc(Nc3ccc(C4CNCCO4)c(C(F)(F)F)c3)cn2)nc1N1CCOCC1. The van der Waals surface area contributed by atoms with Crippen LogP contribution in [0.25, 0.3) is 0 Å². The van der Waals surface area contributed by atoms with Gasteiger partial charge in [-0.2, -0.15) is 46.5 Å². The van der Waals surface area contributed by atoms with Crippen LogP contribution in [0.1, 0.15) is 45.8 Å². The lowest BCUT2D eigenvalue weighted by Crippen LogP contribution is -2.43. The highest BCUT2D eigenvalue weighted by Crippen LogP contribution is 2.39. The maximum absolute atomic E-state index is 14.2. The third-order valence-electron chi connectivity index (χ3n) is 12.4. The van der Waals surface area contributed by atoms with E-state index in [0.717, 1.165) is 31.1 Å². The van der Waals surface area contributed by atoms with E-state index in [1.165, 1.54) is 37.0 Å².